The van der Waals surface area contributed by atoms with E-state index in [2.05, 4.69) is 0 Å². The van der Waals surface area contributed by atoms with Crippen LogP contribution in [0, 0.1) is 0 Å². The van der Waals surface area contributed by atoms with Gasteiger partial charge in [0, 0.05) is 38.2 Å². The summed E-state index contributed by atoms with van der Waals surface area (Å²) in [6.45, 7) is 10.6. The molecule has 1 fully saturated rings. The number of nitrogens with zero attached hydrogens (tertiary/aromatic N) is 2. The number of carbonyl (C=O) groups excluding carboxylic acids is 3. The molecule has 1 aliphatic heterocycles. The molecule has 9 nitrogen and oxygen atoms in total. The van der Waals surface area contributed by atoms with Crippen molar-refractivity contribution >= 4 is 17.6 Å². The summed E-state index contributed by atoms with van der Waals surface area (Å²) in [5, 5.41) is 0. The first-order valence-corrected chi connectivity index (χ1v) is 12.3. The van der Waals surface area contributed by atoms with E-state index < -0.39 is 17.7 Å². The van der Waals surface area contributed by atoms with Gasteiger partial charge in [0.05, 0.1) is 27.4 Å². The van der Waals surface area contributed by atoms with Gasteiger partial charge in [-0.15, -0.1) is 0 Å². The molecule has 0 radical (unpaired) electrons. The van der Waals surface area contributed by atoms with Gasteiger partial charge in [-0.05, 0) is 31.9 Å². The Morgan fingerprint density at radius 2 is 1.63 bits per heavy atom. The van der Waals surface area contributed by atoms with E-state index >= 15 is 0 Å². The van der Waals surface area contributed by atoms with Gasteiger partial charge in [-0.25, -0.2) is 0 Å². The van der Waals surface area contributed by atoms with Crippen LogP contribution in [0.5, 0.6) is 17.2 Å². The Morgan fingerprint density at radius 3 is 2.09 bits per heavy atom. The number of rotatable bonds is 11. The predicted molar refractivity (Wildman–Crippen MR) is 134 cm³/mol. The number of Topliss-reactive ketones (excluding diaryl/α,β-unsaturated/α-hetero) is 1. The van der Waals surface area contributed by atoms with E-state index in [-0.39, 0.29) is 41.7 Å². The molecule has 1 aromatic carbocycles. The highest BCUT2D eigenvalue weighted by Gasteiger charge is 2.43. The number of likely N-dealkylation sites (N-methyl/N-ethyl adjacent to an activating group) is 1. The molecule has 0 bridgehead atoms. The number of methoxy groups -OCH3 is 3. The third-order valence-corrected chi connectivity index (χ3v) is 6.09. The van der Waals surface area contributed by atoms with Gasteiger partial charge in [0.2, 0.25) is 11.7 Å². The summed E-state index contributed by atoms with van der Waals surface area (Å²) in [5.74, 6) is -0.859. The summed E-state index contributed by atoms with van der Waals surface area (Å²) < 4.78 is 21.7. The number of ketones is 1. The van der Waals surface area contributed by atoms with Crippen LogP contribution in [0.25, 0.3) is 0 Å². The van der Waals surface area contributed by atoms with Crippen LogP contribution in [0.15, 0.2) is 12.1 Å². The van der Waals surface area contributed by atoms with E-state index in [0.29, 0.717) is 18.8 Å². The topological polar surface area (TPSA) is 94.6 Å². The first-order chi connectivity index (χ1) is 16.7. The highest BCUT2D eigenvalue weighted by molar-refractivity contribution is 6.43. The molecule has 35 heavy (non-hydrogen) atoms. The first-order valence-electron chi connectivity index (χ1n) is 12.3. The van der Waals surface area contributed by atoms with Crippen LogP contribution in [0.1, 0.15) is 64.2 Å². The SMILES string of the molecule is CC.CCCOC1CC(C(=O)N(C)C(C)CC)N(C(=O)C(=O)c2cc(OC)c(OC)c(OC)c2)C1. The maximum atomic E-state index is 13.3. The number of hydrogen-bond donors (Lipinski definition) is 0. The van der Waals surface area contributed by atoms with E-state index in [1.807, 2.05) is 34.6 Å². The molecular weight excluding hydrogens is 452 g/mol. The second-order valence-corrected chi connectivity index (χ2v) is 8.15. The molecule has 1 saturated heterocycles. The monoisotopic (exact) mass is 494 g/mol. The van der Waals surface area contributed by atoms with Crippen LogP contribution in [-0.4, -0.2) is 87.1 Å². The van der Waals surface area contributed by atoms with Gasteiger partial charge < -0.3 is 28.7 Å². The molecule has 0 spiro atoms. The van der Waals surface area contributed by atoms with Gasteiger partial charge in [-0.3, -0.25) is 14.4 Å². The van der Waals surface area contributed by atoms with Crippen molar-refractivity contribution in [3.05, 3.63) is 17.7 Å². The zero-order valence-electron chi connectivity index (χ0n) is 22.7. The molecule has 2 amide bonds. The van der Waals surface area contributed by atoms with Gasteiger partial charge >= 0.3 is 0 Å². The minimum atomic E-state index is -0.761. The predicted octanol–water partition coefficient (Wildman–Crippen LogP) is 3.57. The highest BCUT2D eigenvalue weighted by Crippen LogP contribution is 2.38. The Bertz CT molecular complexity index is 833. The minimum absolute atomic E-state index is 0.0101. The normalized spacial score (nSPS) is 17.7. The van der Waals surface area contributed by atoms with E-state index in [1.165, 1.54) is 38.4 Å². The van der Waals surface area contributed by atoms with Crippen molar-refractivity contribution in [2.24, 2.45) is 0 Å². The van der Waals surface area contributed by atoms with Crippen LogP contribution < -0.4 is 14.2 Å². The molecule has 3 atom stereocenters. The fourth-order valence-corrected chi connectivity index (χ4v) is 3.85. The zero-order valence-corrected chi connectivity index (χ0v) is 22.7. The number of hydrogen-bond acceptors (Lipinski definition) is 7. The van der Waals surface area contributed by atoms with Gasteiger partial charge in [0.15, 0.2) is 11.5 Å². The van der Waals surface area contributed by atoms with E-state index in [1.54, 1.807) is 11.9 Å². The average molecular weight is 495 g/mol. The molecule has 0 N–H and O–H groups in total. The minimum Gasteiger partial charge on any atom is -0.493 e. The van der Waals surface area contributed by atoms with Crippen molar-refractivity contribution in [1.82, 2.24) is 9.80 Å². The molecule has 0 aliphatic carbocycles. The van der Waals surface area contributed by atoms with Crippen LogP contribution >= 0.6 is 0 Å². The quantitative estimate of drug-likeness (QED) is 0.343. The molecule has 2 rings (SSSR count). The summed E-state index contributed by atoms with van der Waals surface area (Å²) in [7, 11) is 6.05. The third-order valence-electron chi connectivity index (χ3n) is 6.09. The van der Waals surface area contributed by atoms with E-state index in [4.69, 9.17) is 18.9 Å². The van der Waals surface area contributed by atoms with Gasteiger partial charge in [-0.1, -0.05) is 27.7 Å². The van der Waals surface area contributed by atoms with Crippen molar-refractivity contribution in [1.29, 1.82) is 0 Å². The fraction of sp³-hybridized carbons (Fsp3) is 0.654. The summed E-state index contributed by atoms with van der Waals surface area (Å²) >= 11 is 0. The van der Waals surface area contributed by atoms with Crippen LogP contribution in [-0.2, 0) is 14.3 Å². The van der Waals surface area contributed by atoms with Crippen molar-refractivity contribution in [3.8, 4) is 17.2 Å². The number of carbonyl (C=O) groups is 3. The summed E-state index contributed by atoms with van der Waals surface area (Å²) in [5.41, 5.74) is 0.0916. The number of likely N-dealkylation sites (tertiary alicyclic amines) is 1. The average Bonchev–Trinajstić information content (AvgIpc) is 3.33. The summed E-state index contributed by atoms with van der Waals surface area (Å²) in [6, 6.07) is 2.12. The zero-order chi connectivity index (χ0) is 26.7. The molecule has 1 heterocycles. The third kappa shape index (κ3) is 7.10. The fourth-order valence-electron chi connectivity index (χ4n) is 3.85. The second kappa shape index (κ2) is 14.6. The van der Waals surface area contributed by atoms with Crippen molar-refractivity contribution in [2.45, 2.75) is 72.1 Å². The molecule has 1 aromatic rings. The number of amides is 2. The Kier molecular flexibility index (Phi) is 12.6. The number of ether oxygens (including phenoxy) is 4. The number of benzene rings is 1. The van der Waals surface area contributed by atoms with Gasteiger partial charge in [0.1, 0.15) is 6.04 Å². The standard InChI is InChI=1S/C24H36N2O7.C2H6/c1-8-10-33-17-13-18(23(28)25(4)15(3)9-2)26(14-17)24(29)21(27)16-11-19(30-5)22(32-7)20(12-16)31-6;1-2/h11-12,15,17-18H,8-10,13-14H2,1-7H3;1-2H3. The summed E-state index contributed by atoms with van der Waals surface area (Å²) in [6.07, 6.45) is 1.65. The maximum absolute atomic E-state index is 13.3. The van der Waals surface area contributed by atoms with Gasteiger partial charge in [-0.2, -0.15) is 0 Å². The Balaban J connectivity index is 0.00000298. The smallest absolute Gasteiger partial charge is 0.295 e. The van der Waals surface area contributed by atoms with Crippen LogP contribution in [0.3, 0.4) is 0 Å². The lowest BCUT2D eigenvalue weighted by Gasteiger charge is -2.30. The lowest BCUT2D eigenvalue weighted by molar-refractivity contribution is -0.142. The van der Waals surface area contributed by atoms with Crippen molar-refractivity contribution in [2.75, 3.05) is 41.5 Å². The van der Waals surface area contributed by atoms with Crippen LogP contribution in [0.4, 0.5) is 0 Å². The first kappa shape index (κ1) is 30.2. The Labute approximate surface area is 209 Å². The molecule has 198 valence electrons. The largest absolute Gasteiger partial charge is 0.493 e. The molecular formula is C26H42N2O7. The molecule has 0 saturated carbocycles. The van der Waals surface area contributed by atoms with Crippen molar-refractivity contribution < 1.29 is 33.3 Å². The molecule has 3 unspecified atom stereocenters. The van der Waals surface area contributed by atoms with E-state index in [9.17, 15) is 14.4 Å². The van der Waals surface area contributed by atoms with Crippen LogP contribution in [0.2, 0.25) is 0 Å². The second-order valence-electron chi connectivity index (χ2n) is 8.15. The molecule has 1 aliphatic rings. The Hall–Kier alpha value is -2.81. The van der Waals surface area contributed by atoms with Crippen molar-refractivity contribution in [3.63, 3.8) is 0 Å². The molecule has 0 aromatic heterocycles. The van der Waals surface area contributed by atoms with E-state index in [0.717, 1.165) is 12.8 Å². The lowest BCUT2D eigenvalue weighted by Crippen LogP contribution is -2.50. The highest BCUT2D eigenvalue weighted by atomic mass is 16.5. The summed E-state index contributed by atoms with van der Waals surface area (Å²) in [4.78, 5) is 42.7. The Morgan fingerprint density at radius 1 is 1.06 bits per heavy atom. The lowest BCUT2D eigenvalue weighted by atomic mass is 10.1. The van der Waals surface area contributed by atoms with Gasteiger partial charge in [0.25, 0.3) is 11.7 Å². The maximum Gasteiger partial charge on any atom is 0.295 e. The molecule has 9 heteroatoms.